The first kappa shape index (κ1) is 14.7. The molecule has 0 atom stereocenters. The molecule has 2 aromatic heterocycles. The van der Waals surface area contributed by atoms with Gasteiger partial charge in [-0.25, -0.2) is 4.98 Å². The molecule has 1 aromatic carbocycles. The molecule has 0 saturated heterocycles. The van der Waals surface area contributed by atoms with Gasteiger partial charge in [0.2, 0.25) is 0 Å². The number of amides is 1. The van der Waals surface area contributed by atoms with Crippen molar-refractivity contribution in [3.05, 3.63) is 58.9 Å². The van der Waals surface area contributed by atoms with E-state index in [0.717, 1.165) is 33.8 Å². The first-order valence-corrected chi connectivity index (χ1v) is 8.09. The molecular weight excluding hydrogens is 294 g/mol. The lowest BCUT2D eigenvalue weighted by molar-refractivity contribution is 0.0953. The third-order valence-corrected chi connectivity index (χ3v) is 4.31. The van der Waals surface area contributed by atoms with Crippen molar-refractivity contribution >= 4 is 27.5 Å². The van der Waals surface area contributed by atoms with Gasteiger partial charge in [-0.05, 0) is 50.1 Å². The highest BCUT2D eigenvalue weighted by Gasteiger charge is 2.08. The van der Waals surface area contributed by atoms with E-state index in [9.17, 15) is 4.79 Å². The first-order valence-electron chi connectivity index (χ1n) is 7.28. The Kier molecular flexibility index (Phi) is 4.44. The summed E-state index contributed by atoms with van der Waals surface area (Å²) >= 11 is 1.61. The molecule has 4 nitrogen and oxygen atoms in total. The van der Waals surface area contributed by atoms with Crippen LogP contribution in [-0.4, -0.2) is 22.4 Å². The van der Waals surface area contributed by atoms with Gasteiger partial charge >= 0.3 is 0 Å². The lowest BCUT2D eigenvalue weighted by atomic mass is 10.2. The number of rotatable bonds is 5. The zero-order valence-electron chi connectivity index (χ0n) is 12.4. The number of carbonyl (C=O) groups is 1. The largest absolute Gasteiger partial charge is 0.352 e. The van der Waals surface area contributed by atoms with Crippen LogP contribution in [0.1, 0.15) is 27.5 Å². The predicted octanol–water partition coefficient (Wildman–Crippen LogP) is 3.36. The highest BCUT2D eigenvalue weighted by Crippen LogP contribution is 2.22. The summed E-state index contributed by atoms with van der Waals surface area (Å²) in [6.07, 6.45) is 3.54. The highest BCUT2D eigenvalue weighted by atomic mass is 32.1. The summed E-state index contributed by atoms with van der Waals surface area (Å²) in [6, 6.07) is 11.5. The summed E-state index contributed by atoms with van der Waals surface area (Å²) in [4.78, 5) is 20.8. The Bertz CT molecular complexity index is 783. The van der Waals surface area contributed by atoms with Crippen LogP contribution in [0.25, 0.3) is 10.2 Å². The van der Waals surface area contributed by atoms with Gasteiger partial charge in [0, 0.05) is 24.0 Å². The van der Waals surface area contributed by atoms with E-state index in [-0.39, 0.29) is 5.91 Å². The third kappa shape index (κ3) is 3.49. The minimum atomic E-state index is -0.0334. The summed E-state index contributed by atoms with van der Waals surface area (Å²) in [5.41, 5.74) is 2.70. The van der Waals surface area contributed by atoms with Crippen molar-refractivity contribution in [2.75, 3.05) is 6.54 Å². The van der Waals surface area contributed by atoms with Gasteiger partial charge in [0.1, 0.15) is 0 Å². The molecule has 0 unspecified atom stereocenters. The van der Waals surface area contributed by atoms with Gasteiger partial charge in [0.15, 0.2) is 0 Å². The van der Waals surface area contributed by atoms with Crippen molar-refractivity contribution in [3.8, 4) is 0 Å². The second-order valence-electron chi connectivity index (χ2n) is 5.10. The van der Waals surface area contributed by atoms with E-state index in [0.29, 0.717) is 12.1 Å². The Balaban J connectivity index is 1.54. The van der Waals surface area contributed by atoms with Crippen LogP contribution in [0.15, 0.2) is 42.6 Å². The molecule has 0 spiro atoms. The average Bonchev–Trinajstić information content (AvgIpc) is 2.91. The first-order chi connectivity index (χ1) is 10.7. The molecule has 0 radical (unpaired) electrons. The van der Waals surface area contributed by atoms with E-state index in [1.165, 1.54) is 0 Å². The van der Waals surface area contributed by atoms with Crippen molar-refractivity contribution in [2.24, 2.45) is 0 Å². The molecule has 0 saturated carbocycles. The van der Waals surface area contributed by atoms with Gasteiger partial charge < -0.3 is 5.32 Å². The molecule has 112 valence electrons. The van der Waals surface area contributed by atoms with E-state index in [1.54, 1.807) is 17.5 Å². The maximum atomic E-state index is 12.2. The Morgan fingerprint density at radius 2 is 2.18 bits per heavy atom. The van der Waals surface area contributed by atoms with E-state index >= 15 is 0 Å². The lowest BCUT2D eigenvalue weighted by Crippen LogP contribution is -2.24. The van der Waals surface area contributed by atoms with Crippen LogP contribution < -0.4 is 5.32 Å². The summed E-state index contributed by atoms with van der Waals surface area (Å²) in [6.45, 7) is 2.62. The van der Waals surface area contributed by atoms with Crippen molar-refractivity contribution in [1.82, 2.24) is 15.3 Å². The van der Waals surface area contributed by atoms with Gasteiger partial charge in [0.25, 0.3) is 5.91 Å². The van der Waals surface area contributed by atoms with Crippen LogP contribution in [0, 0.1) is 6.92 Å². The maximum Gasteiger partial charge on any atom is 0.251 e. The molecule has 0 aliphatic carbocycles. The number of pyridine rings is 1. The smallest absolute Gasteiger partial charge is 0.251 e. The van der Waals surface area contributed by atoms with E-state index in [1.807, 2.05) is 43.3 Å². The SMILES string of the molecule is Cc1nc2ccc(C(=O)NCCCc3ccccn3)cc2s1. The zero-order valence-corrected chi connectivity index (χ0v) is 13.2. The van der Waals surface area contributed by atoms with Gasteiger partial charge in [-0.15, -0.1) is 11.3 Å². The fourth-order valence-corrected chi connectivity index (χ4v) is 3.17. The third-order valence-electron chi connectivity index (χ3n) is 3.38. The van der Waals surface area contributed by atoms with E-state index < -0.39 is 0 Å². The number of thiazole rings is 1. The Morgan fingerprint density at radius 3 is 3.00 bits per heavy atom. The molecule has 0 fully saturated rings. The molecule has 1 N–H and O–H groups in total. The van der Waals surface area contributed by atoms with Crippen LogP contribution in [-0.2, 0) is 6.42 Å². The van der Waals surface area contributed by atoms with Crippen molar-refractivity contribution < 1.29 is 4.79 Å². The number of hydrogen-bond acceptors (Lipinski definition) is 4. The fourth-order valence-electron chi connectivity index (χ4n) is 2.30. The van der Waals surface area contributed by atoms with Gasteiger partial charge in [-0.3, -0.25) is 9.78 Å². The number of carbonyl (C=O) groups excluding carboxylic acids is 1. The number of aromatic nitrogens is 2. The van der Waals surface area contributed by atoms with Gasteiger partial charge in [-0.2, -0.15) is 0 Å². The van der Waals surface area contributed by atoms with E-state index in [2.05, 4.69) is 15.3 Å². The number of benzene rings is 1. The van der Waals surface area contributed by atoms with Crippen LogP contribution in [0.3, 0.4) is 0 Å². The standard InChI is InChI=1S/C17H17N3OS/c1-12-20-15-8-7-13(11-16(15)22-12)17(21)19-10-4-6-14-5-2-3-9-18-14/h2-3,5,7-9,11H,4,6,10H2,1H3,(H,19,21). The Morgan fingerprint density at radius 1 is 1.27 bits per heavy atom. The molecule has 0 aliphatic rings. The highest BCUT2D eigenvalue weighted by molar-refractivity contribution is 7.18. The molecule has 22 heavy (non-hydrogen) atoms. The van der Waals surface area contributed by atoms with Crippen LogP contribution in [0.4, 0.5) is 0 Å². The molecule has 5 heteroatoms. The molecule has 1 amide bonds. The zero-order chi connectivity index (χ0) is 15.4. The number of hydrogen-bond donors (Lipinski definition) is 1. The Hall–Kier alpha value is -2.27. The number of nitrogens with one attached hydrogen (secondary N) is 1. The number of fused-ring (bicyclic) bond motifs is 1. The van der Waals surface area contributed by atoms with Gasteiger partial charge in [0.05, 0.1) is 15.2 Å². The fraction of sp³-hybridized carbons (Fsp3) is 0.235. The van der Waals surface area contributed by atoms with Crippen LogP contribution in [0.5, 0.6) is 0 Å². The number of nitrogens with zero attached hydrogens (tertiary/aromatic N) is 2. The maximum absolute atomic E-state index is 12.2. The van der Waals surface area contributed by atoms with Crippen LogP contribution >= 0.6 is 11.3 Å². The van der Waals surface area contributed by atoms with Crippen molar-refractivity contribution in [2.45, 2.75) is 19.8 Å². The Labute approximate surface area is 133 Å². The number of aryl methyl sites for hydroxylation is 2. The molecule has 3 rings (SSSR count). The second-order valence-corrected chi connectivity index (χ2v) is 6.33. The molecule has 3 aromatic rings. The van der Waals surface area contributed by atoms with Gasteiger partial charge in [-0.1, -0.05) is 6.07 Å². The second kappa shape index (κ2) is 6.66. The average molecular weight is 311 g/mol. The summed E-state index contributed by atoms with van der Waals surface area (Å²) in [5, 5.41) is 3.97. The summed E-state index contributed by atoms with van der Waals surface area (Å²) < 4.78 is 1.05. The summed E-state index contributed by atoms with van der Waals surface area (Å²) in [5.74, 6) is -0.0334. The molecule has 0 aliphatic heterocycles. The molecule has 2 heterocycles. The topological polar surface area (TPSA) is 54.9 Å². The summed E-state index contributed by atoms with van der Waals surface area (Å²) in [7, 11) is 0. The molecule has 0 bridgehead atoms. The lowest BCUT2D eigenvalue weighted by Gasteiger charge is -2.05. The minimum Gasteiger partial charge on any atom is -0.352 e. The monoisotopic (exact) mass is 311 g/mol. The van der Waals surface area contributed by atoms with Crippen LogP contribution in [0.2, 0.25) is 0 Å². The quantitative estimate of drug-likeness (QED) is 0.735. The minimum absolute atomic E-state index is 0.0334. The normalized spacial score (nSPS) is 10.8. The van der Waals surface area contributed by atoms with E-state index in [4.69, 9.17) is 0 Å². The molecular formula is C17H17N3OS. The van der Waals surface area contributed by atoms with Crippen molar-refractivity contribution in [3.63, 3.8) is 0 Å². The van der Waals surface area contributed by atoms with Crippen molar-refractivity contribution in [1.29, 1.82) is 0 Å². The predicted molar refractivity (Wildman–Crippen MR) is 89.2 cm³/mol.